The molecular formula is C20H20N2O4. The summed E-state index contributed by atoms with van der Waals surface area (Å²) >= 11 is 0. The van der Waals surface area contributed by atoms with Crippen LogP contribution >= 0.6 is 0 Å². The van der Waals surface area contributed by atoms with E-state index in [0.717, 1.165) is 17.2 Å². The molecule has 0 spiro atoms. The van der Waals surface area contributed by atoms with Crippen molar-refractivity contribution in [3.8, 4) is 12.1 Å². The zero-order valence-corrected chi connectivity index (χ0v) is 15.3. The predicted molar refractivity (Wildman–Crippen MR) is 96.4 cm³/mol. The Labute approximate surface area is 152 Å². The Hall–Kier alpha value is -3.38. The van der Waals surface area contributed by atoms with E-state index in [4.69, 9.17) is 14.7 Å². The molecule has 0 amide bonds. The minimum atomic E-state index is -0.684. The van der Waals surface area contributed by atoms with E-state index in [1.807, 2.05) is 12.1 Å². The Morgan fingerprint density at radius 1 is 1.04 bits per heavy atom. The number of hydrogen-bond donors (Lipinski definition) is 0. The number of hydrogen-bond acceptors (Lipinski definition) is 6. The third-order valence-electron chi connectivity index (χ3n) is 3.49. The van der Waals surface area contributed by atoms with Crippen molar-refractivity contribution in [3.05, 3.63) is 46.0 Å². The number of allylic oxidation sites excluding steroid dienone is 1. The smallest absolute Gasteiger partial charge is 0.348 e. The molecule has 0 unspecified atom stereocenters. The van der Waals surface area contributed by atoms with Gasteiger partial charge in [-0.1, -0.05) is 6.07 Å². The highest BCUT2D eigenvalue weighted by Gasteiger charge is 2.13. The quantitative estimate of drug-likeness (QED) is 0.442. The van der Waals surface area contributed by atoms with Crippen LogP contribution in [0.5, 0.6) is 0 Å². The summed E-state index contributed by atoms with van der Waals surface area (Å²) in [6.07, 6.45) is 2.60. The van der Waals surface area contributed by atoms with Gasteiger partial charge in [-0.15, -0.1) is 0 Å². The van der Waals surface area contributed by atoms with Crippen LogP contribution in [0.25, 0.3) is 11.6 Å². The highest BCUT2D eigenvalue weighted by atomic mass is 16.5. The molecule has 0 aromatic heterocycles. The molecule has 0 bridgehead atoms. The number of nitrogens with zero attached hydrogens (tertiary/aromatic N) is 2. The van der Waals surface area contributed by atoms with E-state index < -0.39 is 11.9 Å². The Morgan fingerprint density at radius 2 is 1.69 bits per heavy atom. The van der Waals surface area contributed by atoms with E-state index in [9.17, 15) is 14.9 Å². The van der Waals surface area contributed by atoms with Gasteiger partial charge in [0.15, 0.2) is 0 Å². The second-order valence-corrected chi connectivity index (χ2v) is 5.34. The lowest BCUT2D eigenvalue weighted by Gasteiger charge is -2.10. The highest BCUT2D eigenvalue weighted by molar-refractivity contribution is 5.99. The van der Waals surface area contributed by atoms with Gasteiger partial charge >= 0.3 is 11.9 Å². The monoisotopic (exact) mass is 352 g/mol. The van der Waals surface area contributed by atoms with Gasteiger partial charge in [0.25, 0.3) is 0 Å². The number of ether oxygens (including phenoxy) is 2. The van der Waals surface area contributed by atoms with E-state index in [-0.39, 0.29) is 24.4 Å². The number of nitriles is 2. The van der Waals surface area contributed by atoms with Gasteiger partial charge in [-0.25, -0.2) is 9.59 Å². The van der Waals surface area contributed by atoms with Gasteiger partial charge in [-0.3, -0.25) is 0 Å². The lowest BCUT2D eigenvalue weighted by Crippen LogP contribution is -2.06. The first kappa shape index (κ1) is 20.7. The molecule has 134 valence electrons. The van der Waals surface area contributed by atoms with E-state index in [1.165, 1.54) is 6.08 Å². The molecule has 0 atom stereocenters. The van der Waals surface area contributed by atoms with Crippen LogP contribution in [-0.2, 0) is 19.1 Å². The maximum Gasteiger partial charge on any atom is 0.348 e. The standard InChI is InChI=1S/C20H20N2O4/c1-5-25-19(23)10-16(11-21)18-8-13(3)15(7-14(18)4)9-17(12-22)20(24)26-6-2/h7-10H,5-6H2,1-4H3/b16-10+,17-9-. The minimum absolute atomic E-state index is 0.107. The van der Waals surface area contributed by atoms with Crippen molar-refractivity contribution in [2.75, 3.05) is 13.2 Å². The van der Waals surface area contributed by atoms with E-state index in [0.29, 0.717) is 11.1 Å². The number of aryl methyl sites for hydroxylation is 2. The molecular weight excluding hydrogens is 332 g/mol. The van der Waals surface area contributed by atoms with Crippen LogP contribution in [0, 0.1) is 36.5 Å². The summed E-state index contributed by atoms with van der Waals surface area (Å²) in [5.74, 6) is -1.27. The van der Waals surface area contributed by atoms with Gasteiger partial charge in [0.1, 0.15) is 17.7 Å². The summed E-state index contributed by atoms with van der Waals surface area (Å²) in [6, 6.07) is 7.31. The average molecular weight is 352 g/mol. The van der Waals surface area contributed by atoms with Crippen LogP contribution in [0.2, 0.25) is 0 Å². The lowest BCUT2D eigenvalue weighted by atomic mass is 9.94. The summed E-state index contributed by atoms with van der Waals surface area (Å²) in [4.78, 5) is 23.4. The Balaban J connectivity index is 3.36. The number of carbonyl (C=O) groups is 2. The number of benzene rings is 1. The summed E-state index contributed by atoms with van der Waals surface area (Å²) in [5.41, 5.74) is 2.79. The summed E-state index contributed by atoms with van der Waals surface area (Å²) < 4.78 is 9.69. The molecule has 26 heavy (non-hydrogen) atoms. The maximum absolute atomic E-state index is 11.8. The van der Waals surface area contributed by atoms with Crippen molar-refractivity contribution >= 4 is 23.6 Å². The maximum atomic E-state index is 11.8. The zero-order valence-electron chi connectivity index (χ0n) is 15.3. The van der Waals surface area contributed by atoms with Crippen LogP contribution in [0.15, 0.2) is 23.8 Å². The topological polar surface area (TPSA) is 100 Å². The minimum Gasteiger partial charge on any atom is -0.463 e. The molecule has 0 aliphatic rings. The highest BCUT2D eigenvalue weighted by Crippen LogP contribution is 2.24. The second kappa shape index (κ2) is 9.80. The fourth-order valence-corrected chi connectivity index (χ4v) is 2.26. The molecule has 0 fully saturated rings. The van der Waals surface area contributed by atoms with Gasteiger partial charge in [-0.05, 0) is 62.1 Å². The molecule has 0 aliphatic carbocycles. The van der Waals surface area contributed by atoms with Crippen molar-refractivity contribution in [2.24, 2.45) is 0 Å². The van der Waals surface area contributed by atoms with E-state index in [2.05, 4.69) is 0 Å². The van der Waals surface area contributed by atoms with E-state index in [1.54, 1.807) is 39.8 Å². The zero-order chi connectivity index (χ0) is 19.7. The Bertz CT molecular complexity index is 852. The van der Waals surface area contributed by atoms with Crippen LogP contribution in [0.4, 0.5) is 0 Å². The van der Waals surface area contributed by atoms with Crippen LogP contribution in [-0.4, -0.2) is 25.2 Å². The van der Waals surface area contributed by atoms with Crippen molar-refractivity contribution in [2.45, 2.75) is 27.7 Å². The first-order valence-electron chi connectivity index (χ1n) is 8.06. The Morgan fingerprint density at radius 3 is 2.23 bits per heavy atom. The number of rotatable bonds is 6. The third kappa shape index (κ3) is 5.32. The van der Waals surface area contributed by atoms with Crippen molar-refractivity contribution in [1.29, 1.82) is 10.5 Å². The average Bonchev–Trinajstić information content (AvgIpc) is 2.60. The second-order valence-electron chi connectivity index (χ2n) is 5.34. The summed E-state index contributed by atoms with van der Waals surface area (Å²) in [6.45, 7) is 7.31. The third-order valence-corrected chi connectivity index (χ3v) is 3.49. The van der Waals surface area contributed by atoms with Crippen molar-refractivity contribution < 1.29 is 19.1 Å². The largest absolute Gasteiger partial charge is 0.463 e. The van der Waals surface area contributed by atoms with Gasteiger partial charge in [0, 0.05) is 6.08 Å². The first-order valence-corrected chi connectivity index (χ1v) is 8.06. The van der Waals surface area contributed by atoms with Gasteiger partial charge in [0.05, 0.1) is 18.8 Å². The number of esters is 2. The molecule has 6 heteroatoms. The Kier molecular flexibility index (Phi) is 7.79. The fourth-order valence-electron chi connectivity index (χ4n) is 2.26. The van der Waals surface area contributed by atoms with Gasteiger partial charge in [0.2, 0.25) is 0 Å². The molecule has 1 rings (SSSR count). The summed E-state index contributed by atoms with van der Waals surface area (Å²) in [7, 11) is 0. The normalized spacial score (nSPS) is 11.3. The summed E-state index contributed by atoms with van der Waals surface area (Å²) in [5, 5.41) is 18.5. The van der Waals surface area contributed by atoms with Crippen molar-refractivity contribution in [3.63, 3.8) is 0 Å². The van der Waals surface area contributed by atoms with Crippen LogP contribution in [0.3, 0.4) is 0 Å². The lowest BCUT2D eigenvalue weighted by molar-refractivity contribution is -0.138. The molecule has 0 heterocycles. The van der Waals surface area contributed by atoms with Gasteiger partial charge < -0.3 is 9.47 Å². The SMILES string of the molecule is CCOC(=O)/C=C(\C#N)c1cc(C)c(/C=C(/C#N)C(=O)OCC)cc1C. The predicted octanol–water partition coefficient (Wildman–Crippen LogP) is 3.24. The number of carbonyl (C=O) groups excluding carboxylic acids is 2. The van der Waals surface area contributed by atoms with Gasteiger partial charge in [-0.2, -0.15) is 10.5 Å². The molecule has 1 aromatic carbocycles. The molecule has 0 radical (unpaired) electrons. The van der Waals surface area contributed by atoms with Crippen molar-refractivity contribution in [1.82, 2.24) is 0 Å². The van der Waals surface area contributed by atoms with E-state index >= 15 is 0 Å². The molecule has 6 nitrogen and oxygen atoms in total. The molecule has 0 aliphatic heterocycles. The van der Waals surface area contributed by atoms with Crippen LogP contribution < -0.4 is 0 Å². The first-order chi connectivity index (χ1) is 12.4. The molecule has 0 saturated heterocycles. The molecule has 0 N–H and O–H groups in total. The van der Waals surface area contributed by atoms with Crippen LogP contribution in [0.1, 0.15) is 36.1 Å². The fraction of sp³-hybridized carbons (Fsp3) is 0.300. The molecule has 0 saturated carbocycles. The molecule has 1 aromatic rings.